The lowest BCUT2D eigenvalue weighted by molar-refractivity contribution is 0.763. The highest BCUT2D eigenvalue weighted by Gasteiger charge is 2.14. The molecule has 0 N–H and O–H groups in total. The van der Waals surface area contributed by atoms with Crippen LogP contribution < -0.4 is 5.30 Å². The molecule has 0 atom stereocenters. The lowest BCUT2D eigenvalue weighted by Crippen LogP contribution is -2.12. The van der Waals surface area contributed by atoms with E-state index in [1.807, 2.05) is 0 Å². The zero-order valence-corrected chi connectivity index (χ0v) is 15.2. The number of benzene rings is 1. The maximum absolute atomic E-state index is 2.43. The molecule has 0 unspecified atom stereocenters. The normalized spacial score (nSPS) is 11.3. The zero-order valence-electron chi connectivity index (χ0n) is 14.3. The van der Waals surface area contributed by atoms with Crippen molar-refractivity contribution in [1.29, 1.82) is 0 Å². The minimum atomic E-state index is 0.0716. The Morgan fingerprint density at radius 1 is 0.750 bits per heavy atom. The van der Waals surface area contributed by atoms with E-state index >= 15 is 0 Å². The SMILES string of the molecule is CCCCCP(CCCCC)c1ccc(C)c(C)c1C. The summed E-state index contributed by atoms with van der Waals surface area (Å²) < 4.78 is 0. The van der Waals surface area contributed by atoms with Gasteiger partial charge in [0.25, 0.3) is 0 Å². The average molecular weight is 292 g/mol. The molecule has 1 aromatic carbocycles. The molecule has 0 fully saturated rings. The summed E-state index contributed by atoms with van der Waals surface area (Å²) in [5.41, 5.74) is 4.54. The molecule has 0 aromatic heterocycles. The Bertz CT molecular complexity index is 385. The van der Waals surface area contributed by atoms with Crippen molar-refractivity contribution in [3.63, 3.8) is 0 Å². The quantitative estimate of drug-likeness (QED) is 0.381. The summed E-state index contributed by atoms with van der Waals surface area (Å²) in [6.45, 7) is 11.5. The van der Waals surface area contributed by atoms with Gasteiger partial charge in [-0.15, -0.1) is 0 Å². The first-order valence-corrected chi connectivity index (χ1v) is 10.1. The molecular formula is C19H33P. The van der Waals surface area contributed by atoms with Gasteiger partial charge in [-0.1, -0.05) is 59.6 Å². The van der Waals surface area contributed by atoms with Crippen molar-refractivity contribution < 1.29 is 0 Å². The molecule has 0 amide bonds. The van der Waals surface area contributed by atoms with Crippen molar-refractivity contribution in [2.45, 2.75) is 73.1 Å². The smallest absolute Gasteiger partial charge is 0.0208 e. The van der Waals surface area contributed by atoms with Crippen LogP contribution >= 0.6 is 7.92 Å². The van der Waals surface area contributed by atoms with E-state index in [4.69, 9.17) is 0 Å². The number of aryl methyl sites for hydroxylation is 1. The van der Waals surface area contributed by atoms with Crippen molar-refractivity contribution in [3.8, 4) is 0 Å². The predicted molar refractivity (Wildman–Crippen MR) is 96.0 cm³/mol. The molecule has 20 heavy (non-hydrogen) atoms. The van der Waals surface area contributed by atoms with E-state index in [2.05, 4.69) is 46.8 Å². The molecule has 0 nitrogen and oxygen atoms in total. The second kappa shape index (κ2) is 9.56. The highest BCUT2D eigenvalue weighted by Crippen LogP contribution is 2.39. The molecule has 0 aliphatic carbocycles. The molecule has 1 aromatic rings. The first kappa shape index (κ1) is 17.7. The highest BCUT2D eigenvalue weighted by atomic mass is 31.1. The van der Waals surface area contributed by atoms with E-state index < -0.39 is 0 Å². The first-order chi connectivity index (χ1) is 9.61. The fourth-order valence-electron chi connectivity index (χ4n) is 2.74. The highest BCUT2D eigenvalue weighted by molar-refractivity contribution is 7.65. The van der Waals surface area contributed by atoms with Gasteiger partial charge in [0.2, 0.25) is 0 Å². The van der Waals surface area contributed by atoms with Gasteiger partial charge >= 0.3 is 0 Å². The molecule has 1 heteroatoms. The number of hydrogen-bond donors (Lipinski definition) is 0. The van der Waals surface area contributed by atoms with E-state index in [1.54, 1.807) is 10.9 Å². The number of hydrogen-bond acceptors (Lipinski definition) is 0. The summed E-state index contributed by atoms with van der Waals surface area (Å²) in [6.07, 6.45) is 11.2. The Hall–Kier alpha value is -0.350. The van der Waals surface area contributed by atoms with Crippen molar-refractivity contribution in [3.05, 3.63) is 28.8 Å². The van der Waals surface area contributed by atoms with Gasteiger partial charge in [-0.25, -0.2) is 0 Å². The van der Waals surface area contributed by atoms with Crippen molar-refractivity contribution in [1.82, 2.24) is 0 Å². The van der Waals surface area contributed by atoms with Crippen LogP contribution in [0.3, 0.4) is 0 Å². The van der Waals surface area contributed by atoms with Crippen LogP contribution in [0.1, 0.15) is 69.1 Å². The number of unbranched alkanes of at least 4 members (excludes halogenated alkanes) is 4. The van der Waals surface area contributed by atoms with Gasteiger partial charge in [-0.2, -0.15) is 0 Å². The van der Waals surface area contributed by atoms with Gasteiger partial charge in [0.05, 0.1) is 0 Å². The lowest BCUT2D eigenvalue weighted by atomic mass is 10.1. The fraction of sp³-hybridized carbons (Fsp3) is 0.684. The van der Waals surface area contributed by atoms with Crippen LogP contribution in [0.15, 0.2) is 12.1 Å². The lowest BCUT2D eigenvalue weighted by Gasteiger charge is -2.22. The van der Waals surface area contributed by atoms with E-state index in [0.29, 0.717) is 0 Å². The molecule has 0 saturated carbocycles. The van der Waals surface area contributed by atoms with E-state index in [9.17, 15) is 0 Å². The fourth-order valence-corrected chi connectivity index (χ4v) is 5.59. The van der Waals surface area contributed by atoms with Gasteiger partial charge < -0.3 is 0 Å². The monoisotopic (exact) mass is 292 g/mol. The van der Waals surface area contributed by atoms with E-state index in [-0.39, 0.29) is 7.92 Å². The summed E-state index contributed by atoms with van der Waals surface area (Å²) in [7, 11) is 0.0716. The first-order valence-electron chi connectivity index (χ1n) is 8.43. The molecular weight excluding hydrogens is 259 g/mol. The average Bonchev–Trinajstić information content (AvgIpc) is 2.44. The Kier molecular flexibility index (Phi) is 8.46. The van der Waals surface area contributed by atoms with Gasteiger partial charge in [0, 0.05) is 0 Å². The summed E-state index contributed by atoms with van der Waals surface area (Å²) >= 11 is 0. The van der Waals surface area contributed by atoms with Gasteiger partial charge in [-0.05, 0) is 67.9 Å². The minimum absolute atomic E-state index is 0.0716. The minimum Gasteiger partial charge on any atom is -0.0750 e. The van der Waals surface area contributed by atoms with Crippen LogP contribution in [0.4, 0.5) is 0 Å². The van der Waals surface area contributed by atoms with Crippen molar-refractivity contribution in [2.24, 2.45) is 0 Å². The third-order valence-corrected chi connectivity index (χ3v) is 7.31. The molecule has 0 aliphatic heterocycles. The Morgan fingerprint density at radius 3 is 1.80 bits per heavy atom. The third-order valence-electron chi connectivity index (χ3n) is 4.43. The Morgan fingerprint density at radius 2 is 1.30 bits per heavy atom. The topological polar surface area (TPSA) is 0 Å². The van der Waals surface area contributed by atoms with Crippen molar-refractivity contribution >= 4 is 13.2 Å². The second-order valence-electron chi connectivity index (χ2n) is 6.05. The van der Waals surface area contributed by atoms with Crippen molar-refractivity contribution in [2.75, 3.05) is 12.3 Å². The maximum atomic E-state index is 2.43. The van der Waals surface area contributed by atoms with Crippen LogP contribution in [0.25, 0.3) is 0 Å². The standard InChI is InChI=1S/C19H33P/c1-6-8-10-14-20(15-11-9-7-2)19-13-12-16(3)17(4)18(19)5/h12-13H,6-11,14-15H2,1-5H3. The Labute approximate surface area is 128 Å². The van der Waals surface area contributed by atoms with Crippen LogP contribution in [-0.4, -0.2) is 12.3 Å². The zero-order chi connectivity index (χ0) is 15.0. The summed E-state index contributed by atoms with van der Waals surface area (Å²) in [5, 5.41) is 1.69. The number of rotatable bonds is 9. The predicted octanol–water partition coefficient (Wildman–Crippen LogP) is 6.10. The largest absolute Gasteiger partial charge is 0.0750 e. The Balaban J connectivity index is 2.82. The summed E-state index contributed by atoms with van der Waals surface area (Å²) in [5.74, 6) is 0. The molecule has 0 aliphatic rings. The second-order valence-corrected chi connectivity index (χ2v) is 8.51. The van der Waals surface area contributed by atoms with Crippen LogP contribution in [-0.2, 0) is 0 Å². The molecule has 0 bridgehead atoms. The van der Waals surface area contributed by atoms with Gasteiger partial charge in [0.15, 0.2) is 0 Å². The third kappa shape index (κ3) is 5.21. The van der Waals surface area contributed by atoms with Crippen LogP contribution in [0.5, 0.6) is 0 Å². The van der Waals surface area contributed by atoms with Gasteiger partial charge in [0.1, 0.15) is 0 Å². The maximum Gasteiger partial charge on any atom is -0.0208 e. The van der Waals surface area contributed by atoms with Gasteiger partial charge in [-0.3, -0.25) is 0 Å². The molecule has 0 spiro atoms. The van der Waals surface area contributed by atoms with E-state index in [0.717, 1.165) is 0 Å². The van der Waals surface area contributed by atoms with E-state index in [1.165, 1.54) is 62.0 Å². The molecule has 1 rings (SSSR count). The molecule has 0 radical (unpaired) electrons. The van der Waals surface area contributed by atoms with Crippen LogP contribution in [0, 0.1) is 20.8 Å². The molecule has 114 valence electrons. The molecule has 0 saturated heterocycles. The summed E-state index contributed by atoms with van der Waals surface area (Å²) in [4.78, 5) is 0. The summed E-state index contributed by atoms with van der Waals surface area (Å²) in [6, 6.07) is 4.77. The molecule has 0 heterocycles. The van der Waals surface area contributed by atoms with Crippen LogP contribution in [0.2, 0.25) is 0 Å².